The standard InChI is InChI=1S/C8H3F3NO/c9-8(10,11)5-2-1-3-6-7(5)13-4-12-6/h1-3H. The number of halogens is 3. The number of para-hydroxylation sites is 1. The topological polar surface area (TPSA) is 26.0 Å². The van der Waals surface area contributed by atoms with Crippen LogP contribution >= 0.6 is 0 Å². The third kappa shape index (κ3) is 1.26. The van der Waals surface area contributed by atoms with Gasteiger partial charge < -0.3 is 4.42 Å². The van der Waals surface area contributed by atoms with Crippen molar-refractivity contribution in [3.8, 4) is 0 Å². The molecule has 0 aliphatic heterocycles. The van der Waals surface area contributed by atoms with Crippen molar-refractivity contribution in [2.24, 2.45) is 0 Å². The van der Waals surface area contributed by atoms with Gasteiger partial charge in [0.25, 0.3) is 6.39 Å². The molecular formula is C8H3F3NO. The molecule has 5 heteroatoms. The first-order valence-corrected chi connectivity index (χ1v) is 3.42. The van der Waals surface area contributed by atoms with E-state index in [1.54, 1.807) is 0 Å². The Morgan fingerprint density at radius 3 is 2.77 bits per heavy atom. The van der Waals surface area contributed by atoms with Gasteiger partial charge in [-0.15, -0.1) is 0 Å². The number of aromatic nitrogens is 1. The molecule has 2 rings (SSSR count). The molecule has 2 aromatic rings. The Bertz CT molecular complexity index is 432. The fraction of sp³-hybridized carbons (Fsp3) is 0.125. The molecule has 0 amide bonds. The molecule has 13 heavy (non-hydrogen) atoms. The van der Waals surface area contributed by atoms with Gasteiger partial charge in [0.2, 0.25) is 0 Å². The van der Waals surface area contributed by atoms with Crippen molar-refractivity contribution < 1.29 is 17.6 Å². The number of hydrogen-bond acceptors (Lipinski definition) is 2. The number of alkyl halides is 3. The molecule has 0 fully saturated rings. The molecule has 0 saturated heterocycles. The summed E-state index contributed by atoms with van der Waals surface area (Å²) in [7, 11) is 0. The number of hydrogen-bond donors (Lipinski definition) is 0. The zero-order valence-electron chi connectivity index (χ0n) is 6.22. The lowest BCUT2D eigenvalue weighted by molar-refractivity contribution is -0.136. The summed E-state index contributed by atoms with van der Waals surface area (Å²) in [6.45, 7) is 0. The SMILES string of the molecule is FC(F)(F)c1cccc2n[c]oc12. The monoisotopic (exact) mass is 186 g/mol. The van der Waals surface area contributed by atoms with E-state index < -0.39 is 11.7 Å². The minimum atomic E-state index is -4.41. The van der Waals surface area contributed by atoms with Gasteiger partial charge in [-0.2, -0.15) is 13.2 Å². The Morgan fingerprint density at radius 2 is 2.08 bits per heavy atom. The minimum absolute atomic E-state index is 0.162. The predicted octanol–water partition coefficient (Wildman–Crippen LogP) is 2.65. The maximum absolute atomic E-state index is 12.3. The van der Waals surface area contributed by atoms with E-state index in [0.29, 0.717) is 0 Å². The van der Waals surface area contributed by atoms with E-state index in [0.717, 1.165) is 6.07 Å². The third-order valence-electron chi connectivity index (χ3n) is 1.61. The van der Waals surface area contributed by atoms with Crippen molar-refractivity contribution in [3.63, 3.8) is 0 Å². The van der Waals surface area contributed by atoms with Crippen molar-refractivity contribution in [2.75, 3.05) is 0 Å². The van der Waals surface area contributed by atoms with Crippen LogP contribution in [0.25, 0.3) is 11.1 Å². The Morgan fingerprint density at radius 1 is 1.31 bits per heavy atom. The van der Waals surface area contributed by atoms with E-state index >= 15 is 0 Å². The first-order valence-electron chi connectivity index (χ1n) is 3.42. The zero-order valence-corrected chi connectivity index (χ0v) is 6.22. The molecule has 1 heterocycles. The van der Waals surface area contributed by atoms with Gasteiger partial charge in [0, 0.05) is 0 Å². The fourth-order valence-electron chi connectivity index (χ4n) is 1.06. The van der Waals surface area contributed by atoms with Crippen LogP contribution in [0.4, 0.5) is 13.2 Å². The number of oxazole rings is 1. The average molecular weight is 186 g/mol. The highest BCUT2D eigenvalue weighted by Gasteiger charge is 2.34. The van der Waals surface area contributed by atoms with Gasteiger partial charge in [0.05, 0.1) is 0 Å². The summed E-state index contributed by atoms with van der Waals surface area (Å²) in [5, 5.41) is 0. The van der Waals surface area contributed by atoms with Crippen LogP contribution in [-0.2, 0) is 6.18 Å². The van der Waals surface area contributed by atoms with Crippen LogP contribution in [0, 0.1) is 6.39 Å². The molecule has 67 valence electrons. The van der Waals surface area contributed by atoms with Crippen LogP contribution in [0.2, 0.25) is 0 Å². The first kappa shape index (κ1) is 8.10. The molecule has 1 aromatic carbocycles. The van der Waals surface area contributed by atoms with Crippen LogP contribution in [0.5, 0.6) is 0 Å². The van der Waals surface area contributed by atoms with Crippen LogP contribution in [-0.4, -0.2) is 4.98 Å². The molecule has 0 N–H and O–H groups in total. The van der Waals surface area contributed by atoms with Gasteiger partial charge in [-0.1, -0.05) is 6.07 Å². The van der Waals surface area contributed by atoms with Crippen molar-refractivity contribution in [2.45, 2.75) is 6.18 Å². The van der Waals surface area contributed by atoms with Gasteiger partial charge in [0.1, 0.15) is 11.1 Å². The maximum atomic E-state index is 12.3. The van der Waals surface area contributed by atoms with Crippen LogP contribution in [0.3, 0.4) is 0 Å². The lowest BCUT2D eigenvalue weighted by atomic mass is 10.2. The highest BCUT2D eigenvalue weighted by Crippen LogP contribution is 2.33. The summed E-state index contributed by atoms with van der Waals surface area (Å²) in [4.78, 5) is 3.50. The summed E-state index contributed by atoms with van der Waals surface area (Å²) in [6.07, 6.45) is -2.38. The Kier molecular flexibility index (Phi) is 1.55. The van der Waals surface area contributed by atoms with E-state index in [4.69, 9.17) is 0 Å². The molecular weight excluding hydrogens is 183 g/mol. The highest BCUT2D eigenvalue weighted by atomic mass is 19.4. The number of nitrogens with zero attached hydrogens (tertiary/aromatic N) is 1. The predicted molar refractivity (Wildman–Crippen MR) is 37.8 cm³/mol. The molecule has 0 bridgehead atoms. The highest BCUT2D eigenvalue weighted by molar-refractivity contribution is 5.76. The molecule has 2 nitrogen and oxygen atoms in total. The molecule has 1 radical (unpaired) electrons. The Labute approximate surface area is 71.0 Å². The second kappa shape index (κ2) is 2.48. The quantitative estimate of drug-likeness (QED) is 0.632. The number of benzene rings is 1. The average Bonchev–Trinajstić information content (AvgIpc) is 2.48. The number of rotatable bonds is 0. The van der Waals surface area contributed by atoms with Crippen molar-refractivity contribution in [3.05, 3.63) is 30.2 Å². The Hall–Kier alpha value is -1.52. The maximum Gasteiger partial charge on any atom is 0.420 e. The molecule has 0 unspecified atom stereocenters. The summed E-state index contributed by atoms with van der Waals surface area (Å²) >= 11 is 0. The molecule has 0 atom stereocenters. The van der Waals surface area contributed by atoms with Crippen LogP contribution in [0.1, 0.15) is 5.56 Å². The van der Waals surface area contributed by atoms with Gasteiger partial charge in [-0.3, -0.25) is 0 Å². The normalized spacial score (nSPS) is 12.2. The minimum Gasteiger partial charge on any atom is -0.432 e. The van der Waals surface area contributed by atoms with Crippen molar-refractivity contribution in [1.82, 2.24) is 4.98 Å². The molecule has 0 spiro atoms. The lowest BCUT2D eigenvalue weighted by Crippen LogP contribution is -2.04. The smallest absolute Gasteiger partial charge is 0.420 e. The van der Waals surface area contributed by atoms with Gasteiger partial charge in [-0.05, 0) is 12.1 Å². The molecule has 1 aromatic heterocycles. The van der Waals surface area contributed by atoms with Crippen LogP contribution in [0.15, 0.2) is 22.6 Å². The third-order valence-corrected chi connectivity index (χ3v) is 1.61. The van der Waals surface area contributed by atoms with E-state index in [1.807, 2.05) is 6.39 Å². The van der Waals surface area contributed by atoms with E-state index in [1.165, 1.54) is 12.1 Å². The molecule has 0 saturated carbocycles. The van der Waals surface area contributed by atoms with E-state index in [2.05, 4.69) is 9.40 Å². The van der Waals surface area contributed by atoms with E-state index in [9.17, 15) is 13.2 Å². The van der Waals surface area contributed by atoms with Crippen molar-refractivity contribution >= 4 is 11.1 Å². The summed E-state index contributed by atoms with van der Waals surface area (Å²) in [5.74, 6) is 0. The van der Waals surface area contributed by atoms with Gasteiger partial charge >= 0.3 is 6.18 Å². The zero-order chi connectivity index (χ0) is 9.47. The first-order chi connectivity index (χ1) is 6.09. The second-order valence-corrected chi connectivity index (χ2v) is 2.46. The molecule has 0 aliphatic carbocycles. The summed E-state index contributed by atoms with van der Waals surface area (Å²) in [5.41, 5.74) is -0.927. The second-order valence-electron chi connectivity index (χ2n) is 2.46. The van der Waals surface area contributed by atoms with Crippen molar-refractivity contribution in [1.29, 1.82) is 0 Å². The lowest BCUT2D eigenvalue weighted by Gasteiger charge is -2.05. The fourth-order valence-corrected chi connectivity index (χ4v) is 1.06. The summed E-state index contributed by atoms with van der Waals surface area (Å²) < 4.78 is 41.4. The Balaban J connectivity index is 2.75. The summed E-state index contributed by atoms with van der Waals surface area (Å²) in [6, 6.07) is 3.66. The van der Waals surface area contributed by atoms with E-state index in [-0.39, 0.29) is 11.1 Å². The molecule has 0 aliphatic rings. The number of fused-ring (bicyclic) bond motifs is 1. The largest absolute Gasteiger partial charge is 0.432 e. The van der Waals surface area contributed by atoms with Crippen LogP contribution < -0.4 is 0 Å². The van der Waals surface area contributed by atoms with Gasteiger partial charge in [0.15, 0.2) is 5.58 Å². The van der Waals surface area contributed by atoms with Gasteiger partial charge in [-0.25, -0.2) is 4.98 Å².